The average Bonchev–Trinajstić information content (AvgIpc) is 4.10. The van der Waals surface area contributed by atoms with Crippen LogP contribution in [0.1, 0.15) is 27.8 Å². The van der Waals surface area contributed by atoms with Gasteiger partial charge in [-0.05, 0) is 113 Å². The Morgan fingerprint density at radius 3 is 1.00 bits per heavy atom. The first kappa shape index (κ1) is 39.9. The fourth-order valence-corrected chi connectivity index (χ4v) is 11.7. The number of pyridine rings is 1. The molecule has 5 heterocycles. The molecule has 0 saturated heterocycles. The van der Waals surface area contributed by atoms with Crippen molar-refractivity contribution in [2.24, 2.45) is 0 Å². The highest BCUT2D eigenvalue weighted by molar-refractivity contribution is 6.17. The number of hydrogen-bond acceptors (Lipinski definition) is 2. The molecule has 0 aliphatic rings. The molecule has 0 amide bonds. The molecule has 0 aliphatic carbocycles. The Kier molecular flexibility index (Phi) is 8.51. The van der Waals surface area contributed by atoms with Crippen molar-refractivity contribution >= 4 is 87.2 Å². The van der Waals surface area contributed by atoms with Crippen molar-refractivity contribution < 1.29 is 0 Å². The van der Waals surface area contributed by atoms with Crippen LogP contribution in [0.15, 0.2) is 194 Å². The molecular formula is C64H44N6. The van der Waals surface area contributed by atoms with Crippen molar-refractivity contribution in [3.8, 4) is 40.1 Å². The van der Waals surface area contributed by atoms with E-state index in [9.17, 15) is 5.26 Å². The second-order valence-corrected chi connectivity index (χ2v) is 19.0. The molecule has 0 bridgehead atoms. The van der Waals surface area contributed by atoms with E-state index in [4.69, 9.17) is 4.98 Å². The van der Waals surface area contributed by atoms with Crippen molar-refractivity contribution in [3.05, 3.63) is 222 Å². The van der Waals surface area contributed by atoms with Crippen molar-refractivity contribution in [1.29, 1.82) is 5.26 Å². The van der Waals surface area contributed by atoms with Gasteiger partial charge in [-0.25, -0.2) is 0 Å². The third-order valence-corrected chi connectivity index (χ3v) is 14.6. The number of nitrogens with zero attached hydrogens (tertiary/aromatic N) is 6. The summed E-state index contributed by atoms with van der Waals surface area (Å²) in [6, 6.07) is 71.0. The van der Waals surface area contributed by atoms with Crippen LogP contribution in [-0.4, -0.2) is 23.3 Å². The van der Waals surface area contributed by atoms with Crippen LogP contribution >= 0.6 is 0 Å². The minimum absolute atomic E-state index is 0.517. The molecular weight excluding hydrogens is 853 g/mol. The monoisotopic (exact) mass is 896 g/mol. The maximum Gasteiger partial charge on any atom is 0.102 e. The summed E-state index contributed by atoms with van der Waals surface area (Å²) in [6.45, 7) is 8.65. The van der Waals surface area contributed by atoms with Crippen LogP contribution in [0.2, 0.25) is 0 Å². The molecule has 0 spiro atoms. The Hall–Kier alpha value is -9.18. The lowest BCUT2D eigenvalue weighted by molar-refractivity contribution is 1.02. The van der Waals surface area contributed by atoms with Crippen molar-refractivity contribution in [2.45, 2.75) is 27.7 Å². The van der Waals surface area contributed by atoms with Crippen LogP contribution in [0.3, 0.4) is 0 Å². The van der Waals surface area contributed by atoms with Crippen LogP contribution in [0, 0.1) is 39.0 Å². The summed E-state index contributed by atoms with van der Waals surface area (Å²) < 4.78 is 9.76. The Balaban J connectivity index is 1.38. The zero-order valence-corrected chi connectivity index (χ0v) is 39.2. The fourth-order valence-electron chi connectivity index (χ4n) is 11.7. The van der Waals surface area contributed by atoms with Gasteiger partial charge in [0.1, 0.15) is 6.07 Å². The van der Waals surface area contributed by atoms with E-state index in [1.165, 1.54) is 22.3 Å². The number of fused-ring (bicyclic) bond motifs is 12. The van der Waals surface area contributed by atoms with E-state index >= 15 is 0 Å². The maximum absolute atomic E-state index is 12.5. The molecule has 5 aromatic heterocycles. The first-order chi connectivity index (χ1) is 34.4. The number of benzene rings is 9. The molecule has 6 heteroatoms. The quantitative estimate of drug-likeness (QED) is 0.173. The molecule has 0 fully saturated rings. The predicted octanol–water partition coefficient (Wildman–Crippen LogP) is 16.2. The standard InChI is InChI=1S/C64H44N6/c1-38-24-28-56-46(33-38)42-15-5-9-20-52(42)67(56)61-50(37-65)60(51-19-13-14-32-66-51)62(68-53-21-10-6-16-43(53)47-34-39(2)25-29-57(47)68)64(70-55-23-12-8-18-45(55)49-36-41(4)27-31-59(49)70)63(61)69-54-22-11-7-17-44(54)48-35-40(3)26-30-58(48)69/h5-36H,1-4H3. The summed E-state index contributed by atoms with van der Waals surface area (Å²) in [4.78, 5) is 5.23. The number of nitriles is 1. The Bertz CT molecular complexity index is 4590. The van der Waals surface area contributed by atoms with Gasteiger partial charge in [-0.1, -0.05) is 125 Å². The molecule has 14 rings (SSSR count). The molecule has 70 heavy (non-hydrogen) atoms. The Morgan fingerprint density at radius 1 is 0.329 bits per heavy atom. The summed E-state index contributed by atoms with van der Waals surface area (Å²) in [6.07, 6.45) is 1.85. The van der Waals surface area contributed by atoms with E-state index in [1.807, 2.05) is 18.3 Å². The molecule has 0 atom stereocenters. The summed E-state index contributed by atoms with van der Waals surface area (Å²) in [7, 11) is 0. The number of aromatic nitrogens is 5. The van der Waals surface area contributed by atoms with Gasteiger partial charge >= 0.3 is 0 Å². The highest BCUT2D eigenvalue weighted by Gasteiger charge is 2.35. The molecule has 0 unspecified atom stereocenters. The average molecular weight is 897 g/mol. The van der Waals surface area contributed by atoms with Gasteiger partial charge in [0.15, 0.2) is 0 Å². The third kappa shape index (κ3) is 5.52. The van der Waals surface area contributed by atoms with E-state index < -0.39 is 0 Å². The van der Waals surface area contributed by atoms with Crippen LogP contribution in [0.4, 0.5) is 0 Å². The van der Waals surface area contributed by atoms with E-state index in [2.05, 4.69) is 228 Å². The van der Waals surface area contributed by atoms with E-state index in [0.717, 1.165) is 116 Å². The highest BCUT2D eigenvalue weighted by atomic mass is 15.1. The minimum atomic E-state index is 0.517. The lowest BCUT2D eigenvalue weighted by Crippen LogP contribution is -2.17. The topological polar surface area (TPSA) is 56.4 Å². The summed E-state index contributed by atoms with van der Waals surface area (Å²) >= 11 is 0. The van der Waals surface area contributed by atoms with Crippen LogP contribution < -0.4 is 0 Å². The number of rotatable bonds is 5. The summed E-state index contributed by atoms with van der Waals surface area (Å²) in [5, 5.41) is 21.6. The maximum atomic E-state index is 12.5. The van der Waals surface area contributed by atoms with Gasteiger partial charge in [0.2, 0.25) is 0 Å². The van der Waals surface area contributed by atoms with Gasteiger partial charge in [-0.3, -0.25) is 4.98 Å². The van der Waals surface area contributed by atoms with E-state index in [-0.39, 0.29) is 0 Å². The van der Waals surface area contributed by atoms with E-state index in [0.29, 0.717) is 11.3 Å². The van der Waals surface area contributed by atoms with Gasteiger partial charge in [0.05, 0.1) is 78.1 Å². The van der Waals surface area contributed by atoms with Crippen LogP contribution in [-0.2, 0) is 0 Å². The lowest BCUT2D eigenvalue weighted by atomic mass is 9.95. The fraction of sp³-hybridized carbons (Fsp3) is 0.0625. The molecule has 6 nitrogen and oxygen atoms in total. The molecule has 0 aliphatic heterocycles. The molecule has 0 N–H and O–H groups in total. The molecule has 0 radical (unpaired) electrons. The Morgan fingerprint density at radius 2 is 0.643 bits per heavy atom. The number of hydrogen-bond donors (Lipinski definition) is 0. The predicted molar refractivity (Wildman–Crippen MR) is 291 cm³/mol. The molecule has 9 aromatic carbocycles. The minimum Gasteiger partial charge on any atom is -0.306 e. The van der Waals surface area contributed by atoms with Crippen LogP contribution in [0.5, 0.6) is 0 Å². The van der Waals surface area contributed by atoms with Gasteiger partial charge in [0, 0.05) is 54.9 Å². The van der Waals surface area contributed by atoms with Gasteiger partial charge < -0.3 is 18.3 Å². The smallest absolute Gasteiger partial charge is 0.102 e. The third-order valence-electron chi connectivity index (χ3n) is 14.6. The molecule has 330 valence electrons. The van der Waals surface area contributed by atoms with Gasteiger partial charge in [-0.15, -0.1) is 0 Å². The first-order valence-electron chi connectivity index (χ1n) is 23.9. The number of aryl methyl sites for hydroxylation is 4. The highest BCUT2D eigenvalue weighted by Crippen LogP contribution is 2.51. The zero-order valence-electron chi connectivity index (χ0n) is 39.2. The van der Waals surface area contributed by atoms with Crippen molar-refractivity contribution in [1.82, 2.24) is 23.3 Å². The molecule has 0 saturated carbocycles. The van der Waals surface area contributed by atoms with Gasteiger partial charge in [-0.2, -0.15) is 5.26 Å². The second-order valence-electron chi connectivity index (χ2n) is 19.0. The molecule has 14 aromatic rings. The second kappa shape index (κ2) is 14.9. The summed E-state index contributed by atoms with van der Waals surface area (Å²) in [5.41, 5.74) is 18.4. The largest absolute Gasteiger partial charge is 0.306 e. The normalized spacial score (nSPS) is 12.0. The van der Waals surface area contributed by atoms with Crippen LogP contribution in [0.25, 0.3) is 121 Å². The Labute approximate surface area is 403 Å². The van der Waals surface area contributed by atoms with Crippen molar-refractivity contribution in [3.63, 3.8) is 0 Å². The summed E-state index contributed by atoms with van der Waals surface area (Å²) in [5.74, 6) is 0. The van der Waals surface area contributed by atoms with Gasteiger partial charge in [0.25, 0.3) is 0 Å². The lowest BCUT2D eigenvalue weighted by Gasteiger charge is -2.29. The van der Waals surface area contributed by atoms with E-state index in [1.54, 1.807) is 0 Å². The van der Waals surface area contributed by atoms with Crippen molar-refractivity contribution in [2.75, 3.05) is 0 Å². The number of para-hydroxylation sites is 4. The SMILES string of the molecule is Cc1ccc2c(c1)c1ccccc1n2-c1c(C#N)c(-c2ccccn2)c(-n2c3ccccc3c3cc(C)ccc32)c(-n2c3ccccc3c3cc(C)ccc32)c1-n1c2ccccc2c2cc(C)ccc21. The zero-order chi connectivity index (χ0) is 46.9. The first-order valence-corrected chi connectivity index (χ1v) is 23.9.